The summed E-state index contributed by atoms with van der Waals surface area (Å²) < 4.78 is 52.5. The molecule has 4 rings (SSSR count). The van der Waals surface area contributed by atoms with E-state index in [-0.39, 0.29) is 12.3 Å². The normalized spacial score (nSPS) is 16.4. The number of carbonyl (C=O) groups excluding carboxylic acids is 1. The molecule has 1 aromatic heterocycles. The van der Waals surface area contributed by atoms with Gasteiger partial charge in [-0.25, -0.2) is 0 Å². The van der Waals surface area contributed by atoms with Crippen molar-refractivity contribution in [3.8, 4) is 11.5 Å². The molecule has 0 bridgehead atoms. The molecule has 12 heteroatoms. The summed E-state index contributed by atoms with van der Waals surface area (Å²) in [5.41, 5.74) is -1.02. The Morgan fingerprint density at radius 2 is 1.97 bits per heavy atom. The van der Waals surface area contributed by atoms with Crippen LogP contribution < -0.4 is 14.8 Å². The molecule has 0 saturated carbocycles. The molecule has 0 spiro atoms. The lowest BCUT2D eigenvalue weighted by Crippen LogP contribution is -2.25. The summed E-state index contributed by atoms with van der Waals surface area (Å²) in [6.07, 6.45) is -5.11. The Bertz CT molecular complexity index is 1190. The average Bonchev–Trinajstić information content (AvgIpc) is 3.13. The third-order valence-corrected chi connectivity index (χ3v) is 6.32. The van der Waals surface area contributed by atoms with Crippen LogP contribution in [0.1, 0.15) is 24.4 Å². The van der Waals surface area contributed by atoms with E-state index in [1.807, 2.05) is 18.2 Å². The number of para-hydroxylation sites is 2. The van der Waals surface area contributed by atoms with Crippen molar-refractivity contribution >= 4 is 35.0 Å². The van der Waals surface area contributed by atoms with Gasteiger partial charge in [0.25, 0.3) is 0 Å². The van der Waals surface area contributed by atoms with Crippen LogP contribution in [0.3, 0.4) is 0 Å². The molecule has 1 amide bonds. The minimum atomic E-state index is -4.63. The number of carbonyl (C=O) groups is 1. The maximum Gasteiger partial charge on any atom is 0.417 e. The molecule has 174 valence electrons. The van der Waals surface area contributed by atoms with Gasteiger partial charge in [-0.2, -0.15) is 13.2 Å². The number of benzene rings is 2. The van der Waals surface area contributed by atoms with Gasteiger partial charge in [0.2, 0.25) is 5.91 Å². The number of anilines is 1. The van der Waals surface area contributed by atoms with Crippen LogP contribution in [-0.4, -0.2) is 32.5 Å². The molecular formula is C21H18ClF3N4O3S. The van der Waals surface area contributed by atoms with Gasteiger partial charge in [0, 0.05) is 12.7 Å². The highest BCUT2D eigenvalue weighted by Crippen LogP contribution is 2.37. The lowest BCUT2D eigenvalue weighted by Gasteiger charge is -2.25. The van der Waals surface area contributed by atoms with E-state index in [4.69, 9.17) is 21.1 Å². The number of alkyl halides is 3. The van der Waals surface area contributed by atoms with Crippen molar-refractivity contribution in [1.29, 1.82) is 0 Å². The maximum absolute atomic E-state index is 13.1. The van der Waals surface area contributed by atoms with E-state index in [0.717, 1.165) is 23.9 Å². The molecule has 0 radical (unpaired) electrons. The van der Waals surface area contributed by atoms with Crippen molar-refractivity contribution < 1.29 is 27.4 Å². The van der Waals surface area contributed by atoms with Gasteiger partial charge in [-0.05, 0) is 37.3 Å². The zero-order valence-electron chi connectivity index (χ0n) is 17.4. The van der Waals surface area contributed by atoms with Crippen LogP contribution in [0, 0.1) is 0 Å². The van der Waals surface area contributed by atoms with Crippen LogP contribution in [0.15, 0.2) is 47.6 Å². The van der Waals surface area contributed by atoms with Gasteiger partial charge in [-0.3, -0.25) is 4.79 Å². The van der Waals surface area contributed by atoms with Gasteiger partial charge < -0.3 is 19.4 Å². The fourth-order valence-corrected chi connectivity index (χ4v) is 4.18. The van der Waals surface area contributed by atoms with Crippen LogP contribution in [-0.2, 0) is 18.0 Å². The van der Waals surface area contributed by atoms with Gasteiger partial charge in [-0.15, -0.1) is 10.2 Å². The third kappa shape index (κ3) is 5.03. The molecular weight excluding hydrogens is 481 g/mol. The van der Waals surface area contributed by atoms with E-state index in [1.165, 1.54) is 6.07 Å². The SMILES string of the molecule is C[C@@H](Sc1nnc([C@@H]2COc3ccccc3O2)n1C)C(=O)Nc1ccc(Cl)c(C(F)(F)F)c1. The minimum absolute atomic E-state index is 0.00532. The Morgan fingerprint density at radius 3 is 2.70 bits per heavy atom. The lowest BCUT2D eigenvalue weighted by atomic mass is 10.2. The molecule has 3 aromatic rings. The molecule has 7 nitrogen and oxygen atoms in total. The molecule has 0 saturated heterocycles. The molecule has 0 unspecified atom stereocenters. The highest BCUT2D eigenvalue weighted by atomic mass is 35.5. The number of thioether (sulfide) groups is 1. The maximum atomic E-state index is 13.1. The summed E-state index contributed by atoms with van der Waals surface area (Å²) >= 11 is 6.74. The van der Waals surface area contributed by atoms with E-state index in [2.05, 4.69) is 15.5 Å². The Labute approximate surface area is 196 Å². The number of fused-ring (bicyclic) bond motifs is 1. The van der Waals surface area contributed by atoms with Crippen molar-refractivity contribution in [3.63, 3.8) is 0 Å². The molecule has 1 N–H and O–H groups in total. The predicted molar refractivity (Wildman–Crippen MR) is 117 cm³/mol. The second kappa shape index (κ2) is 9.14. The Balaban J connectivity index is 1.43. The summed E-state index contributed by atoms with van der Waals surface area (Å²) in [6.45, 7) is 1.87. The van der Waals surface area contributed by atoms with Gasteiger partial charge in [0.15, 0.2) is 28.6 Å². The highest BCUT2D eigenvalue weighted by Gasteiger charge is 2.34. The van der Waals surface area contributed by atoms with Crippen LogP contribution >= 0.6 is 23.4 Å². The topological polar surface area (TPSA) is 78.3 Å². The Kier molecular flexibility index (Phi) is 6.44. The number of nitrogens with one attached hydrogen (secondary N) is 1. The van der Waals surface area contributed by atoms with E-state index in [9.17, 15) is 18.0 Å². The Morgan fingerprint density at radius 1 is 1.24 bits per heavy atom. The fraction of sp³-hybridized carbons (Fsp3) is 0.286. The summed E-state index contributed by atoms with van der Waals surface area (Å²) in [7, 11) is 1.74. The van der Waals surface area contributed by atoms with Crippen LogP contribution in [0.4, 0.5) is 18.9 Å². The number of rotatable bonds is 5. The van der Waals surface area contributed by atoms with Crippen LogP contribution in [0.5, 0.6) is 11.5 Å². The first-order valence-corrected chi connectivity index (χ1v) is 11.0. The average molecular weight is 499 g/mol. The molecule has 0 aliphatic carbocycles. The number of hydrogen-bond donors (Lipinski definition) is 1. The summed E-state index contributed by atoms with van der Waals surface area (Å²) in [5, 5.41) is 10.1. The smallest absolute Gasteiger partial charge is 0.417 e. The summed E-state index contributed by atoms with van der Waals surface area (Å²) in [5.74, 6) is 1.27. The first kappa shape index (κ1) is 23.2. The molecule has 2 heterocycles. The molecule has 1 aliphatic rings. The number of ether oxygens (including phenoxy) is 2. The molecule has 0 fully saturated rings. The van der Waals surface area contributed by atoms with Crippen LogP contribution in [0.25, 0.3) is 0 Å². The van der Waals surface area contributed by atoms with Crippen molar-refractivity contribution in [1.82, 2.24) is 14.8 Å². The highest BCUT2D eigenvalue weighted by molar-refractivity contribution is 8.00. The lowest BCUT2D eigenvalue weighted by molar-refractivity contribution is -0.137. The molecule has 1 aliphatic heterocycles. The number of aromatic nitrogens is 3. The largest absolute Gasteiger partial charge is 0.485 e. The first-order valence-electron chi connectivity index (χ1n) is 9.75. The number of amides is 1. The zero-order valence-corrected chi connectivity index (χ0v) is 19.0. The quantitative estimate of drug-likeness (QED) is 0.492. The zero-order chi connectivity index (χ0) is 23.8. The molecule has 2 aromatic carbocycles. The van der Waals surface area contributed by atoms with Crippen molar-refractivity contribution in [2.75, 3.05) is 11.9 Å². The fourth-order valence-electron chi connectivity index (χ4n) is 3.13. The predicted octanol–water partition coefficient (Wildman–Crippen LogP) is 5.12. The van der Waals surface area contributed by atoms with Gasteiger partial charge in [0.05, 0.1) is 15.8 Å². The van der Waals surface area contributed by atoms with E-state index in [0.29, 0.717) is 22.5 Å². The van der Waals surface area contributed by atoms with Gasteiger partial charge in [-0.1, -0.05) is 35.5 Å². The van der Waals surface area contributed by atoms with Crippen molar-refractivity contribution in [2.45, 2.75) is 29.6 Å². The second-order valence-corrected chi connectivity index (χ2v) is 8.92. The second-order valence-electron chi connectivity index (χ2n) is 7.21. The van der Waals surface area contributed by atoms with E-state index in [1.54, 1.807) is 24.6 Å². The number of nitrogens with zero attached hydrogens (tertiary/aromatic N) is 3. The molecule has 33 heavy (non-hydrogen) atoms. The first-order chi connectivity index (χ1) is 15.6. The standard InChI is InChI=1S/C21H18ClF3N4O3S/c1-11(19(30)26-12-7-8-14(22)13(9-12)21(23,24)25)33-20-28-27-18(29(20)2)17-10-31-15-5-3-4-6-16(15)32-17/h3-9,11,17H,10H2,1-2H3,(H,26,30)/t11-,17+/m1/s1. The number of halogens is 4. The van der Waals surface area contributed by atoms with Crippen LogP contribution in [0.2, 0.25) is 5.02 Å². The van der Waals surface area contributed by atoms with Crippen molar-refractivity contribution in [3.05, 3.63) is 58.9 Å². The summed E-state index contributed by atoms with van der Waals surface area (Å²) in [4.78, 5) is 12.6. The van der Waals surface area contributed by atoms with Gasteiger partial charge in [0.1, 0.15) is 6.61 Å². The van der Waals surface area contributed by atoms with Gasteiger partial charge >= 0.3 is 6.18 Å². The minimum Gasteiger partial charge on any atom is -0.485 e. The van der Waals surface area contributed by atoms with Crippen molar-refractivity contribution in [2.24, 2.45) is 7.05 Å². The van der Waals surface area contributed by atoms with E-state index >= 15 is 0 Å². The Hall–Kier alpha value is -2.92. The van der Waals surface area contributed by atoms with E-state index < -0.39 is 34.0 Å². The molecule has 2 atom stereocenters. The third-order valence-electron chi connectivity index (χ3n) is 4.86. The summed E-state index contributed by atoms with van der Waals surface area (Å²) in [6, 6.07) is 10.5. The number of hydrogen-bond acceptors (Lipinski definition) is 6. The monoisotopic (exact) mass is 498 g/mol.